The molecule has 0 unspecified atom stereocenters. The van der Waals surface area contributed by atoms with Crippen LogP contribution in [0.25, 0.3) is 32.4 Å². The average Bonchev–Trinajstić information content (AvgIpc) is 2.94. The van der Waals surface area contributed by atoms with E-state index < -0.39 is 11.5 Å². The van der Waals surface area contributed by atoms with Gasteiger partial charge in [-0.05, 0) is 39.7 Å². The monoisotopic (exact) mass is 469 g/mol. The lowest BCUT2D eigenvalue weighted by molar-refractivity contribution is -0.135. The highest BCUT2D eigenvalue weighted by atomic mass is 16.3. The Hall–Kier alpha value is -4.74. The van der Waals surface area contributed by atoms with E-state index in [0.717, 1.165) is 32.4 Å². The Kier molecular flexibility index (Phi) is 5.32. The Bertz CT molecular complexity index is 1660. The molecule has 0 spiro atoms. The molecule has 0 saturated heterocycles. The highest BCUT2D eigenvalue weighted by molar-refractivity contribution is 6.01. The molecule has 0 aliphatic carbocycles. The van der Waals surface area contributed by atoms with Crippen LogP contribution in [0.2, 0.25) is 0 Å². The number of aliphatic hydroxyl groups is 1. The topological polar surface area (TPSA) is 74.2 Å². The molecule has 3 N–H and O–H groups in total. The molecule has 0 fully saturated rings. The number of amides is 1. The molecule has 5 nitrogen and oxygen atoms in total. The molecule has 1 heterocycles. The SMILES string of the molecule is O=C(NNc1ccc2ccccc2n1)C(O)(c1cccc2ccccc12)c1cccc2ccccc12. The molecular formula is C31H23N3O2. The van der Waals surface area contributed by atoms with E-state index in [0.29, 0.717) is 16.9 Å². The maximum Gasteiger partial charge on any atom is 0.279 e. The van der Waals surface area contributed by atoms with Gasteiger partial charge in [0.05, 0.1) is 5.52 Å². The van der Waals surface area contributed by atoms with Gasteiger partial charge in [-0.3, -0.25) is 15.6 Å². The second-order valence-corrected chi connectivity index (χ2v) is 8.73. The molecule has 174 valence electrons. The van der Waals surface area contributed by atoms with E-state index in [1.54, 1.807) is 18.2 Å². The van der Waals surface area contributed by atoms with E-state index in [1.807, 2.05) is 103 Å². The van der Waals surface area contributed by atoms with Gasteiger partial charge in [0.1, 0.15) is 5.82 Å². The molecule has 1 amide bonds. The summed E-state index contributed by atoms with van der Waals surface area (Å²) < 4.78 is 0. The highest BCUT2D eigenvalue weighted by Gasteiger charge is 2.42. The smallest absolute Gasteiger partial charge is 0.279 e. The van der Waals surface area contributed by atoms with Crippen LogP contribution in [0.5, 0.6) is 0 Å². The first-order chi connectivity index (χ1) is 17.6. The van der Waals surface area contributed by atoms with Gasteiger partial charge in [0.2, 0.25) is 0 Å². The normalized spacial score (nSPS) is 11.6. The summed E-state index contributed by atoms with van der Waals surface area (Å²) in [6, 6.07) is 38.2. The molecule has 0 aliphatic heterocycles. The van der Waals surface area contributed by atoms with Gasteiger partial charge < -0.3 is 5.11 Å². The van der Waals surface area contributed by atoms with Gasteiger partial charge in [0.15, 0.2) is 5.60 Å². The van der Waals surface area contributed by atoms with Crippen LogP contribution < -0.4 is 10.9 Å². The first-order valence-electron chi connectivity index (χ1n) is 11.8. The summed E-state index contributed by atoms with van der Waals surface area (Å²) in [7, 11) is 0. The van der Waals surface area contributed by atoms with Gasteiger partial charge in [0.25, 0.3) is 5.91 Å². The third kappa shape index (κ3) is 3.63. The van der Waals surface area contributed by atoms with Crippen molar-refractivity contribution in [1.82, 2.24) is 10.4 Å². The minimum atomic E-state index is -1.98. The van der Waals surface area contributed by atoms with Crippen molar-refractivity contribution < 1.29 is 9.90 Å². The van der Waals surface area contributed by atoms with Crippen molar-refractivity contribution in [2.24, 2.45) is 0 Å². The Balaban J connectivity index is 1.48. The third-order valence-electron chi connectivity index (χ3n) is 6.59. The van der Waals surface area contributed by atoms with Crippen LogP contribution in [-0.4, -0.2) is 16.0 Å². The van der Waals surface area contributed by atoms with E-state index in [4.69, 9.17) is 0 Å². The maximum atomic E-state index is 13.9. The zero-order chi connectivity index (χ0) is 24.5. The fourth-order valence-electron chi connectivity index (χ4n) is 4.82. The summed E-state index contributed by atoms with van der Waals surface area (Å²) in [6.45, 7) is 0. The van der Waals surface area contributed by atoms with Crippen molar-refractivity contribution >= 4 is 44.2 Å². The van der Waals surface area contributed by atoms with Crippen molar-refractivity contribution in [2.45, 2.75) is 5.60 Å². The third-order valence-corrected chi connectivity index (χ3v) is 6.59. The molecule has 0 radical (unpaired) electrons. The van der Waals surface area contributed by atoms with Gasteiger partial charge in [-0.1, -0.05) is 103 Å². The van der Waals surface area contributed by atoms with Crippen LogP contribution in [-0.2, 0) is 10.4 Å². The molecule has 0 aliphatic rings. The molecule has 0 atom stereocenters. The Morgan fingerprint density at radius 3 is 1.78 bits per heavy atom. The minimum Gasteiger partial charge on any atom is -0.372 e. The summed E-state index contributed by atoms with van der Waals surface area (Å²) in [4.78, 5) is 18.5. The number of aromatic nitrogens is 1. The molecule has 36 heavy (non-hydrogen) atoms. The number of nitrogens with one attached hydrogen (secondary N) is 2. The fourth-order valence-corrected chi connectivity index (χ4v) is 4.82. The number of nitrogens with zero attached hydrogens (tertiary/aromatic N) is 1. The number of hydrogen-bond donors (Lipinski definition) is 3. The van der Waals surface area contributed by atoms with Crippen LogP contribution in [0.1, 0.15) is 11.1 Å². The Labute approximate surface area is 208 Å². The van der Waals surface area contributed by atoms with Crippen molar-refractivity contribution in [3.63, 3.8) is 0 Å². The molecule has 6 aromatic rings. The highest BCUT2D eigenvalue weighted by Crippen LogP contribution is 2.38. The number of carbonyl (C=O) groups excluding carboxylic acids is 1. The number of rotatable bonds is 5. The number of fused-ring (bicyclic) bond motifs is 3. The predicted octanol–water partition coefficient (Wildman–Crippen LogP) is 5.92. The summed E-state index contributed by atoms with van der Waals surface area (Å²) >= 11 is 0. The van der Waals surface area contributed by atoms with Gasteiger partial charge in [0, 0.05) is 16.5 Å². The Morgan fingerprint density at radius 2 is 1.14 bits per heavy atom. The number of pyridine rings is 1. The molecule has 0 bridgehead atoms. The summed E-state index contributed by atoms with van der Waals surface area (Å²) in [5.74, 6) is -0.134. The van der Waals surface area contributed by atoms with E-state index in [-0.39, 0.29) is 0 Å². The van der Waals surface area contributed by atoms with E-state index >= 15 is 0 Å². The van der Waals surface area contributed by atoms with Gasteiger partial charge in [-0.2, -0.15) is 0 Å². The lowest BCUT2D eigenvalue weighted by atomic mass is 9.80. The van der Waals surface area contributed by atoms with Crippen LogP contribution in [0.4, 0.5) is 5.82 Å². The van der Waals surface area contributed by atoms with Crippen LogP contribution >= 0.6 is 0 Å². The fraction of sp³-hybridized carbons (Fsp3) is 0.0323. The number of hydrogen-bond acceptors (Lipinski definition) is 4. The quantitative estimate of drug-likeness (QED) is 0.274. The van der Waals surface area contributed by atoms with Crippen LogP contribution in [0, 0.1) is 0 Å². The second kappa shape index (κ2) is 8.80. The molecule has 1 aromatic heterocycles. The van der Waals surface area contributed by atoms with Crippen LogP contribution in [0.15, 0.2) is 121 Å². The Morgan fingerprint density at radius 1 is 0.611 bits per heavy atom. The first-order valence-corrected chi connectivity index (χ1v) is 11.8. The molecule has 0 saturated carbocycles. The van der Waals surface area contributed by atoms with E-state index in [2.05, 4.69) is 15.8 Å². The predicted molar refractivity (Wildman–Crippen MR) is 144 cm³/mol. The molecule has 6 rings (SSSR count). The van der Waals surface area contributed by atoms with Gasteiger partial charge >= 0.3 is 0 Å². The number of benzene rings is 5. The minimum absolute atomic E-state index is 0.472. The molecule has 5 aromatic carbocycles. The number of carbonyl (C=O) groups is 1. The van der Waals surface area contributed by atoms with Crippen molar-refractivity contribution in [1.29, 1.82) is 0 Å². The summed E-state index contributed by atoms with van der Waals surface area (Å²) in [5.41, 5.74) is 5.46. The van der Waals surface area contributed by atoms with Crippen molar-refractivity contribution in [2.75, 3.05) is 5.43 Å². The standard InChI is InChI=1S/C31H23N3O2/c35-30(34-33-29-20-19-23-11-3-6-18-28(23)32-29)31(36,26-16-7-12-21-9-1-4-14-24(21)26)27-17-8-13-22-10-2-5-15-25(22)27/h1-20,36H,(H,32,33)(H,34,35). The van der Waals surface area contributed by atoms with Crippen LogP contribution in [0.3, 0.4) is 0 Å². The van der Waals surface area contributed by atoms with Gasteiger partial charge in [-0.25, -0.2) is 4.98 Å². The summed E-state index contributed by atoms with van der Waals surface area (Å²) in [5, 5.41) is 16.9. The largest absolute Gasteiger partial charge is 0.372 e. The van der Waals surface area contributed by atoms with Crippen molar-refractivity contribution in [3.8, 4) is 0 Å². The van der Waals surface area contributed by atoms with E-state index in [9.17, 15) is 9.90 Å². The lowest BCUT2D eigenvalue weighted by Gasteiger charge is -2.30. The van der Waals surface area contributed by atoms with Gasteiger partial charge in [-0.15, -0.1) is 0 Å². The molecular weight excluding hydrogens is 446 g/mol. The lowest BCUT2D eigenvalue weighted by Crippen LogP contribution is -2.47. The average molecular weight is 470 g/mol. The maximum absolute atomic E-state index is 13.9. The zero-order valence-corrected chi connectivity index (χ0v) is 19.3. The number of anilines is 1. The van der Waals surface area contributed by atoms with Crippen molar-refractivity contribution in [3.05, 3.63) is 132 Å². The second-order valence-electron chi connectivity index (χ2n) is 8.73. The van der Waals surface area contributed by atoms with E-state index in [1.165, 1.54) is 0 Å². The first kappa shape index (κ1) is 21.8. The zero-order valence-electron chi connectivity index (χ0n) is 19.3. The number of para-hydroxylation sites is 1. The number of hydrazine groups is 1. The molecule has 5 heteroatoms. The summed E-state index contributed by atoms with van der Waals surface area (Å²) in [6.07, 6.45) is 0.